The number of halogens is 2. The zero-order chi connectivity index (χ0) is 21.5. The van der Waals surface area contributed by atoms with Gasteiger partial charge < -0.3 is 20.1 Å². The predicted octanol–water partition coefficient (Wildman–Crippen LogP) is 2.36. The highest BCUT2D eigenvalue weighted by Crippen LogP contribution is 2.19. The van der Waals surface area contributed by atoms with Crippen LogP contribution in [0.4, 0.5) is 8.78 Å². The molecule has 6 nitrogen and oxygen atoms in total. The molecule has 0 unspecified atom stereocenters. The third-order valence-corrected chi connectivity index (χ3v) is 5.24. The normalized spacial score (nSPS) is 15.4. The molecule has 0 aromatic heterocycles. The van der Waals surface area contributed by atoms with Crippen molar-refractivity contribution in [2.45, 2.75) is 19.7 Å². The highest BCUT2D eigenvalue weighted by molar-refractivity contribution is 5.80. The molecule has 30 heavy (non-hydrogen) atoms. The number of benzene rings is 2. The van der Waals surface area contributed by atoms with Gasteiger partial charge in [-0.25, -0.2) is 8.78 Å². The van der Waals surface area contributed by atoms with E-state index in [1.807, 2.05) is 6.07 Å². The van der Waals surface area contributed by atoms with Gasteiger partial charge in [0.1, 0.15) is 5.82 Å². The average Bonchev–Trinajstić information content (AvgIpc) is 2.76. The van der Waals surface area contributed by atoms with E-state index in [0.717, 1.165) is 43.3 Å². The summed E-state index contributed by atoms with van der Waals surface area (Å²) in [5.41, 5.74) is 2.08. The second kappa shape index (κ2) is 10.4. The first-order valence-corrected chi connectivity index (χ1v) is 9.92. The molecule has 8 heteroatoms. The van der Waals surface area contributed by atoms with Crippen molar-refractivity contribution in [2.24, 2.45) is 4.99 Å². The van der Waals surface area contributed by atoms with Crippen LogP contribution in [0.2, 0.25) is 0 Å². The molecule has 2 aromatic rings. The number of guanidine groups is 1. The molecule has 0 radical (unpaired) electrons. The summed E-state index contributed by atoms with van der Waals surface area (Å²) < 4.78 is 32.4. The van der Waals surface area contributed by atoms with Gasteiger partial charge in [-0.2, -0.15) is 0 Å². The van der Waals surface area contributed by atoms with E-state index in [2.05, 4.69) is 20.1 Å². The maximum Gasteiger partial charge on any atom is 0.194 e. The average molecular weight is 418 g/mol. The minimum absolute atomic E-state index is 0.255. The maximum absolute atomic E-state index is 13.9. The van der Waals surface area contributed by atoms with Crippen LogP contribution in [0.3, 0.4) is 0 Å². The minimum Gasteiger partial charge on any atom is -0.494 e. The number of aliphatic imine (C=N–C) groups is 1. The Bertz CT molecular complexity index is 883. The van der Waals surface area contributed by atoms with Crippen LogP contribution in [-0.4, -0.2) is 61.2 Å². The van der Waals surface area contributed by atoms with Gasteiger partial charge in [-0.05, 0) is 35.4 Å². The molecule has 0 bridgehead atoms. The fraction of sp³-hybridized carbons (Fsp3) is 0.409. The summed E-state index contributed by atoms with van der Waals surface area (Å²) in [5.74, 6) is 0.285. The zero-order valence-electron chi connectivity index (χ0n) is 17.4. The minimum atomic E-state index is -0.404. The Morgan fingerprint density at radius 3 is 2.43 bits per heavy atom. The lowest BCUT2D eigenvalue weighted by Crippen LogP contribution is -2.52. The molecule has 162 valence electrons. The molecule has 1 saturated heterocycles. The van der Waals surface area contributed by atoms with E-state index in [0.29, 0.717) is 13.1 Å². The molecule has 1 fully saturated rings. The van der Waals surface area contributed by atoms with Crippen molar-refractivity contribution in [2.75, 3.05) is 40.3 Å². The topological polar surface area (TPSA) is 60.3 Å². The summed E-state index contributed by atoms with van der Waals surface area (Å²) in [6.45, 7) is 4.10. The van der Waals surface area contributed by atoms with Crippen molar-refractivity contribution in [1.82, 2.24) is 15.1 Å². The molecule has 1 aliphatic heterocycles. The lowest BCUT2D eigenvalue weighted by molar-refractivity contribution is 0.172. The molecule has 3 rings (SSSR count). The van der Waals surface area contributed by atoms with Gasteiger partial charge in [-0.3, -0.25) is 9.89 Å². The number of hydrogen-bond donors (Lipinski definition) is 2. The monoisotopic (exact) mass is 418 g/mol. The first-order chi connectivity index (χ1) is 14.5. The van der Waals surface area contributed by atoms with Gasteiger partial charge in [0.15, 0.2) is 17.5 Å². The van der Waals surface area contributed by atoms with Crippen LogP contribution in [0.5, 0.6) is 5.75 Å². The second-order valence-electron chi connectivity index (χ2n) is 7.22. The number of nitrogens with zero attached hydrogens (tertiary/aromatic N) is 3. The predicted molar refractivity (Wildman–Crippen MR) is 112 cm³/mol. The summed E-state index contributed by atoms with van der Waals surface area (Å²) >= 11 is 0. The van der Waals surface area contributed by atoms with Crippen molar-refractivity contribution in [3.63, 3.8) is 0 Å². The lowest BCUT2D eigenvalue weighted by atomic mass is 10.1. The van der Waals surface area contributed by atoms with Crippen LogP contribution < -0.4 is 10.1 Å². The van der Waals surface area contributed by atoms with Gasteiger partial charge in [-0.15, -0.1) is 0 Å². The quantitative estimate of drug-likeness (QED) is 0.557. The van der Waals surface area contributed by atoms with E-state index in [1.165, 1.54) is 19.2 Å². The van der Waals surface area contributed by atoms with E-state index in [9.17, 15) is 13.9 Å². The third kappa shape index (κ3) is 5.46. The summed E-state index contributed by atoms with van der Waals surface area (Å²) in [6, 6.07) is 9.78. The number of methoxy groups -OCH3 is 1. The Labute approximate surface area is 175 Å². The van der Waals surface area contributed by atoms with Crippen LogP contribution >= 0.6 is 0 Å². The van der Waals surface area contributed by atoms with E-state index in [-0.39, 0.29) is 23.7 Å². The highest BCUT2D eigenvalue weighted by Gasteiger charge is 2.20. The Morgan fingerprint density at radius 1 is 1.07 bits per heavy atom. The molecule has 0 saturated carbocycles. The maximum atomic E-state index is 13.9. The first kappa shape index (κ1) is 22.0. The Morgan fingerprint density at radius 2 is 1.80 bits per heavy atom. The number of hydrogen-bond acceptors (Lipinski definition) is 4. The van der Waals surface area contributed by atoms with E-state index < -0.39 is 5.82 Å². The summed E-state index contributed by atoms with van der Waals surface area (Å²) in [7, 11) is 3.19. The van der Waals surface area contributed by atoms with Crippen molar-refractivity contribution < 1.29 is 18.6 Å². The molecular formula is C22H28F2N4O2. The van der Waals surface area contributed by atoms with Crippen LogP contribution in [0.15, 0.2) is 41.4 Å². The van der Waals surface area contributed by atoms with Crippen molar-refractivity contribution in [3.05, 3.63) is 64.7 Å². The van der Waals surface area contributed by atoms with Crippen molar-refractivity contribution in [3.8, 4) is 5.75 Å². The summed E-state index contributed by atoms with van der Waals surface area (Å²) in [5, 5.41) is 12.5. The lowest BCUT2D eigenvalue weighted by Gasteiger charge is -2.36. The zero-order valence-corrected chi connectivity index (χ0v) is 17.4. The van der Waals surface area contributed by atoms with Gasteiger partial charge in [0.25, 0.3) is 0 Å². The summed E-state index contributed by atoms with van der Waals surface area (Å²) in [6.07, 6.45) is 0. The Kier molecular flexibility index (Phi) is 7.59. The Balaban J connectivity index is 1.51. The van der Waals surface area contributed by atoms with Crippen LogP contribution in [-0.2, 0) is 19.7 Å². The standard InChI is InChI=1S/C22H28F2N4O2/c1-25-22(26-13-16-3-5-19(23)18(11-16)15-29)28-9-7-27(8-10-28)14-17-4-6-21(30-2)20(24)12-17/h3-6,11-12,29H,7-10,13-15H2,1-2H3,(H,25,26). The van der Waals surface area contributed by atoms with Gasteiger partial charge >= 0.3 is 0 Å². The fourth-order valence-electron chi connectivity index (χ4n) is 3.56. The number of ether oxygens (including phenoxy) is 1. The highest BCUT2D eigenvalue weighted by atomic mass is 19.1. The van der Waals surface area contributed by atoms with E-state index in [4.69, 9.17) is 4.74 Å². The Hall–Kier alpha value is -2.71. The number of nitrogens with one attached hydrogen (secondary N) is 1. The smallest absolute Gasteiger partial charge is 0.194 e. The molecule has 0 amide bonds. The third-order valence-electron chi connectivity index (χ3n) is 5.24. The van der Waals surface area contributed by atoms with Crippen molar-refractivity contribution >= 4 is 5.96 Å². The molecule has 0 aliphatic carbocycles. The van der Waals surface area contributed by atoms with Crippen molar-refractivity contribution in [1.29, 1.82) is 0 Å². The second-order valence-corrected chi connectivity index (χ2v) is 7.22. The molecule has 1 heterocycles. The van der Waals surface area contributed by atoms with Gasteiger partial charge in [0.05, 0.1) is 13.7 Å². The van der Waals surface area contributed by atoms with Crippen LogP contribution in [0.25, 0.3) is 0 Å². The molecule has 0 spiro atoms. The molecule has 1 aliphatic rings. The largest absolute Gasteiger partial charge is 0.494 e. The molecular weight excluding hydrogens is 390 g/mol. The van der Waals surface area contributed by atoms with E-state index >= 15 is 0 Å². The fourth-order valence-corrected chi connectivity index (χ4v) is 3.56. The molecule has 2 aromatic carbocycles. The van der Waals surface area contributed by atoms with Gasteiger partial charge in [0, 0.05) is 51.9 Å². The SMILES string of the molecule is CN=C(NCc1ccc(F)c(CO)c1)N1CCN(Cc2ccc(OC)c(F)c2)CC1. The number of rotatable bonds is 6. The summed E-state index contributed by atoms with van der Waals surface area (Å²) in [4.78, 5) is 8.80. The number of piperazine rings is 1. The van der Waals surface area contributed by atoms with E-state index in [1.54, 1.807) is 25.2 Å². The van der Waals surface area contributed by atoms with Crippen LogP contribution in [0.1, 0.15) is 16.7 Å². The van der Waals surface area contributed by atoms with Gasteiger partial charge in [-0.1, -0.05) is 12.1 Å². The van der Waals surface area contributed by atoms with Gasteiger partial charge in [0.2, 0.25) is 0 Å². The number of aliphatic hydroxyl groups excluding tert-OH is 1. The molecule has 2 N–H and O–H groups in total. The first-order valence-electron chi connectivity index (χ1n) is 9.92. The molecule has 0 atom stereocenters. The van der Waals surface area contributed by atoms with Crippen LogP contribution in [0, 0.1) is 11.6 Å². The number of aliphatic hydroxyl groups is 1.